The van der Waals surface area contributed by atoms with Gasteiger partial charge in [0, 0.05) is 5.69 Å². The highest BCUT2D eigenvalue weighted by atomic mass is 32.1. The van der Waals surface area contributed by atoms with Crippen LogP contribution in [0.3, 0.4) is 0 Å². The lowest BCUT2D eigenvalue weighted by Gasteiger charge is -2.17. The van der Waals surface area contributed by atoms with Crippen LogP contribution in [0.1, 0.15) is 0 Å². The summed E-state index contributed by atoms with van der Waals surface area (Å²) in [5, 5.41) is 5.64. The van der Waals surface area contributed by atoms with Gasteiger partial charge in [-0.2, -0.15) is 0 Å². The number of anilines is 1. The standard InChI is InChI=1S/C11H9F3N4O3S/c12-11(13,14)21-7-3-1-6(2-4-7)15-9(22)17-18-5-8(19)16-10(18)20/h1-4H,5H2,(H2,15,17,22)(H,16,19,20). The molecule has 7 nitrogen and oxygen atoms in total. The molecule has 0 bridgehead atoms. The number of carbonyl (C=O) groups is 2. The van der Waals surface area contributed by atoms with Crippen LogP contribution in [0.25, 0.3) is 0 Å². The largest absolute Gasteiger partial charge is 0.573 e. The fourth-order valence-corrected chi connectivity index (χ4v) is 1.78. The number of imide groups is 1. The van der Waals surface area contributed by atoms with E-state index in [2.05, 4.69) is 15.5 Å². The van der Waals surface area contributed by atoms with E-state index in [9.17, 15) is 22.8 Å². The van der Waals surface area contributed by atoms with Crippen LogP contribution in [-0.4, -0.2) is 35.0 Å². The third kappa shape index (κ3) is 4.48. The van der Waals surface area contributed by atoms with E-state index >= 15 is 0 Å². The highest BCUT2D eigenvalue weighted by molar-refractivity contribution is 7.80. The molecule has 1 saturated heterocycles. The van der Waals surface area contributed by atoms with E-state index < -0.39 is 18.3 Å². The fraction of sp³-hybridized carbons (Fsp3) is 0.182. The first kappa shape index (κ1) is 15.8. The number of hydrazine groups is 1. The quantitative estimate of drug-likeness (QED) is 0.572. The van der Waals surface area contributed by atoms with Crippen LogP contribution in [0.5, 0.6) is 5.75 Å². The average molecular weight is 334 g/mol. The maximum Gasteiger partial charge on any atom is 0.573 e. The second-order valence-electron chi connectivity index (χ2n) is 4.08. The Kier molecular flexibility index (Phi) is 4.35. The number of hydrogen-bond donors (Lipinski definition) is 3. The molecule has 2 rings (SSSR count). The summed E-state index contributed by atoms with van der Waals surface area (Å²) in [5.41, 5.74) is 2.84. The Labute approximate surface area is 127 Å². The number of urea groups is 1. The van der Waals surface area contributed by atoms with Crippen LogP contribution in [0.15, 0.2) is 24.3 Å². The maximum atomic E-state index is 12.0. The maximum absolute atomic E-state index is 12.0. The van der Waals surface area contributed by atoms with E-state index in [-0.39, 0.29) is 17.4 Å². The van der Waals surface area contributed by atoms with Gasteiger partial charge in [-0.05, 0) is 36.5 Å². The van der Waals surface area contributed by atoms with Crippen LogP contribution in [0.4, 0.5) is 23.7 Å². The van der Waals surface area contributed by atoms with Crippen molar-refractivity contribution in [2.45, 2.75) is 6.36 Å². The van der Waals surface area contributed by atoms with Crippen LogP contribution >= 0.6 is 12.2 Å². The third-order valence-corrected chi connectivity index (χ3v) is 2.57. The molecule has 1 aliphatic heterocycles. The molecule has 0 radical (unpaired) electrons. The highest BCUT2D eigenvalue weighted by Gasteiger charge is 2.31. The number of carbonyl (C=O) groups excluding carboxylic acids is 2. The normalized spacial score (nSPS) is 14.6. The number of rotatable bonds is 3. The molecule has 22 heavy (non-hydrogen) atoms. The van der Waals surface area contributed by atoms with Gasteiger partial charge in [-0.25, -0.2) is 9.80 Å². The van der Waals surface area contributed by atoms with Gasteiger partial charge in [0.1, 0.15) is 12.3 Å². The summed E-state index contributed by atoms with van der Waals surface area (Å²) >= 11 is 4.92. The van der Waals surface area contributed by atoms with Crippen molar-refractivity contribution in [1.82, 2.24) is 15.8 Å². The van der Waals surface area contributed by atoms with Crippen molar-refractivity contribution in [3.8, 4) is 5.75 Å². The van der Waals surface area contributed by atoms with E-state index in [4.69, 9.17) is 12.2 Å². The van der Waals surface area contributed by atoms with E-state index in [0.29, 0.717) is 5.69 Å². The Hall–Kier alpha value is -2.56. The van der Waals surface area contributed by atoms with Gasteiger partial charge in [-0.15, -0.1) is 13.2 Å². The molecule has 0 spiro atoms. The van der Waals surface area contributed by atoms with E-state index in [1.54, 1.807) is 0 Å². The number of halogens is 3. The van der Waals surface area contributed by atoms with E-state index in [0.717, 1.165) is 17.1 Å². The minimum Gasteiger partial charge on any atom is -0.406 e. The molecule has 0 aliphatic carbocycles. The Bertz CT molecular complexity index is 606. The Morgan fingerprint density at radius 1 is 1.27 bits per heavy atom. The third-order valence-electron chi connectivity index (χ3n) is 2.38. The predicted molar refractivity (Wildman–Crippen MR) is 72.7 cm³/mol. The van der Waals surface area contributed by atoms with Gasteiger partial charge in [0.05, 0.1) is 0 Å². The number of nitrogens with one attached hydrogen (secondary N) is 3. The molecule has 118 valence electrons. The number of ether oxygens (including phenoxy) is 1. The molecule has 3 amide bonds. The Morgan fingerprint density at radius 2 is 1.91 bits per heavy atom. The lowest BCUT2D eigenvalue weighted by Crippen LogP contribution is -2.45. The van der Waals surface area contributed by atoms with Crippen LogP contribution in [0, 0.1) is 0 Å². The molecule has 3 N–H and O–H groups in total. The molecular weight excluding hydrogens is 325 g/mol. The number of hydrogen-bond acceptors (Lipinski definition) is 4. The smallest absolute Gasteiger partial charge is 0.406 e. The molecule has 0 saturated carbocycles. The van der Waals surface area contributed by atoms with Gasteiger partial charge in [-0.1, -0.05) is 0 Å². The van der Waals surface area contributed by atoms with Gasteiger partial charge >= 0.3 is 12.4 Å². The lowest BCUT2D eigenvalue weighted by atomic mass is 10.3. The van der Waals surface area contributed by atoms with Crippen molar-refractivity contribution in [3.63, 3.8) is 0 Å². The minimum absolute atomic E-state index is 0.00524. The van der Waals surface area contributed by atoms with Crippen LogP contribution in [0.2, 0.25) is 0 Å². The second-order valence-corrected chi connectivity index (χ2v) is 4.49. The molecule has 11 heteroatoms. The molecule has 1 aliphatic rings. The van der Waals surface area contributed by atoms with Gasteiger partial charge in [0.2, 0.25) is 5.91 Å². The van der Waals surface area contributed by atoms with Crippen molar-refractivity contribution >= 4 is 35.0 Å². The van der Waals surface area contributed by atoms with Gasteiger partial charge < -0.3 is 10.1 Å². The Morgan fingerprint density at radius 3 is 2.41 bits per heavy atom. The monoisotopic (exact) mass is 334 g/mol. The first-order valence-corrected chi connectivity index (χ1v) is 6.18. The predicted octanol–water partition coefficient (Wildman–Crippen LogP) is 1.34. The van der Waals surface area contributed by atoms with Crippen molar-refractivity contribution in [2.24, 2.45) is 0 Å². The molecule has 1 heterocycles. The summed E-state index contributed by atoms with van der Waals surface area (Å²) in [6.07, 6.45) is -4.76. The van der Waals surface area contributed by atoms with E-state index in [1.807, 2.05) is 5.32 Å². The SMILES string of the molecule is O=C1CN(NC(=S)Nc2ccc(OC(F)(F)F)cc2)C(=O)N1. The number of nitrogens with zero attached hydrogens (tertiary/aromatic N) is 1. The first-order chi connectivity index (χ1) is 10.2. The lowest BCUT2D eigenvalue weighted by molar-refractivity contribution is -0.274. The molecule has 0 aromatic heterocycles. The molecule has 0 atom stereocenters. The second kappa shape index (κ2) is 6.05. The molecular formula is C11H9F3N4O3S. The zero-order valence-corrected chi connectivity index (χ0v) is 11.5. The molecule has 0 unspecified atom stereocenters. The van der Waals surface area contributed by atoms with Crippen molar-refractivity contribution < 1.29 is 27.5 Å². The first-order valence-electron chi connectivity index (χ1n) is 5.78. The summed E-state index contributed by atoms with van der Waals surface area (Å²) in [4.78, 5) is 22.2. The van der Waals surface area contributed by atoms with Crippen LogP contribution < -0.4 is 20.8 Å². The summed E-state index contributed by atoms with van der Waals surface area (Å²) in [5.74, 6) is -0.851. The molecule has 1 fully saturated rings. The van der Waals surface area contributed by atoms with Crippen molar-refractivity contribution in [2.75, 3.05) is 11.9 Å². The van der Waals surface area contributed by atoms with Gasteiger partial charge in [-0.3, -0.25) is 15.5 Å². The van der Waals surface area contributed by atoms with Crippen molar-refractivity contribution in [1.29, 1.82) is 0 Å². The summed E-state index contributed by atoms with van der Waals surface area (Å²) in [7, 11) is 0. The van der Waals surface area contributed by atoms with Crippen molar-refractivity contribution in [3.05, 3.63) is 24.3 Å². The summed E-state index contributed by atoms with van der Waals surface area (Å²) in [6.45, 7) is -0.195. The zero-order chi connectivity index (χ0) is 16.3. The highest BCUT2D eigenvalue weighted by Crippen LogP contribution is 2.23. The number of amides is 3. The van der Waals surface area contributed by atoms with Gasteiger partial charge in [0.15, 0.2) is 5.11 Å². The Balaban J connectivity index is 1.89. The number of benzene rings is 1. The number of alkyl halides is 3. The fourth-order valence-electron chi connectivity index (χ4n) is 1.55. The minimum atomic E-state index is -4.76. The van der Waals surface area contributed by atoms with Crippen LogP contribution in [-0.2, 0) is 4.79 Å². The van der Waals surface area contributed by atoms with Gasteiger partial charge in [0.25, 0.3) is 0 Å². The molecule has 1 aromatic rings. The summed E-state index contributed by atoms with van der Waals surface area (Å²) < 4.78 is 39.7. The van der Waals surface area contributed by atoms with E-state index in [1.165, 1.54) is 12.1 Å². The average Bonchev–Trinajstić information content (AvgIpc) is 2.68. The topological polar surface area (TPSA) is 82.7 Å². The summed E-state index contributed by atoms with van der Waals surface area (Å²) in [6, 6.07) is 4.17. The molecule has 1 aromatic carbocycles. The zero-order valence-electron chi connectivity index (χ0n) is 10.7. The number of thiocarbonyl (C=S) groups is 1.